The van der Waals surface area contributed by atoms with Gasteiger partial charge in [-0.15, -0.1) is 0 Å². The highest BCUT2D eigenvalue weighted by atomic mass is 19.1. The summed E-state index contributed by atoms with van der Waals surface area (Å²) < 4.78 is 14.7. The molecule has 0 aliphatic rings. The monoisotopic (exact) mass is 283 g/mol. The van der Waals surface area contributed by atoms with Gasteiger partial charge in [0, 0.05) is 12.3 Å². The van der Waals surface area contributed by atoms with Crippen LogP contribution >= 0.6 is 0 Å². The number of hydrogen-bond acceptors (Lipinski definition) is 3. The molecule has 0 unspecified atom stereocenters. The van der Waals surface area contributed by atoms with Crippen LogP contribution in [0.5, 0.6) is 0 Å². The minimum atomic E-state index is -1.15. The second-order valence-electron chi connectivity index (χ2n) is 4.33. The maximum atomic E-state index is 13.4. The zero-order chi connectivity index (χ0) is 14.8. The molecule has 0 aliphatic carbocycles. The Kier molecular flexibility index (Phi) is 3.19. The van der Waals surface area contributed by atoms with Crippen molar-refractivity contribution < 1.29 is 14.3 Å². The molecule has 1 aromatic carbocycles. The van der Waals surface area contributed by atoms with Crippen molar-refractivity contribution in [1.82, 2.24) is 14.8 Å². The third kappa shape index (κ3) is 2.51. The van der Waals surface area contributed by atoms with Crippen LogP contribution < -0.4 is 0 Å². The van der Waals surface area contributed by atoms with Crippen LogP contribution in [0.2, 0.25) is 0 Å². The van der Waals surface area contributed by atoms with Gasteiger partial charge in [-0.1, -0.05) is 12.1 Å². The van der Waals surface area contributed by atoms with E-state index >= 15 is 0 Å². The molecule has 0 radical (unpaired) electrons. The van der Waals surface area contributed by atoms with E-state index in [1.807, 2.05) is 0 Å². The molecule has 104 valence electrons. The number of carbonyl (C=O) groups is 1. The fraction of sp³-hybridized carbons (Fsp3) is 0. The van der Waals surface area contributed by atoms with E-state index in [1.165, 1.54) is 28.9 Å². The summed E-state index contributed by atoms with van der Waals surface area (Å²) in [7, 11) is 0. The maximum Gasteiger partial charge on any atom is 0.356 e. The average molecular weight is 283 g/mol. The van der Waals surface area contributed by atoms with E-state index in [1.54, 1.807) is 30.5 Å². The lowest BCUT2D eigenvalue weighted by molar-refractivity contribution is 0.0690. The van der Waals surface area contributed by atoms with Gasteiger partial charge in [0.25, 0.3) is 0 Å². The quantitative estimate of drug-likeness (QED) is 0.802. The van der Waals surface area contributed by atoms with Gasteiger partial charge in [0.1, 0.15) is 5.82 Å². The lowest BCUT2D eigenvalue weighted by Gasteiger charge is -2.06. The number of rotatable bonds is 3. The van der Waals surface area contributed by atoms with Crippen LogP contribution in [0.3, 0.4) is 0 Å². The number of pyridine rings is 1. The van der Waals surface area contributed by atoms with Crippen molar-refractivity contribution in [2.75, 3.05) is 0 Å². The van der Waals surface area contributed by atoms with Crippen molar-refractivity contribution in [2.45, 2.75) is 0 Å². The average Bonchev–Trinajstić information content (AvgIpc) is 2.93. The highest BCUT2D eigenvalue weighted by molar-refractivity contribution is 5.87. The molecule has 0 saturated carbocycles. The predicted octanol–water partition coefficient (Wildman–Crippen LogP) is 2.77. The number of carboxylic acid groups (broad SMARTS) is 1. The molecule has 2 aromatic heterocycles. The molecular formula is C15H10FN3O2. The maximum absolute atomic E-state index is 13.4. The first kappa shape index (κ1) is 13.0. The van der Waals surface area contributed by atoms with E-state index in [9.17, 15) is 9.18 Å². The topological polar surface area (TPSA) is 68.0 Å². The van der Waals surface area contributed by atoms with E-state index in [0.717, 1.165) is 0 Å². The van der Waals surface area contributed by atoms with E-state index in [2.05, 4.69) is 10.1 Å². The molecule has 3 aromatic rings. The molecule has 0 amide bonds. The SMILES string of the molecule is O=C(O)c1cc(-c2ccccn2)n(-c2cccc(F)c2)n1. The standard InChI is InChI=1S/C15H10FN3O2/c16-10-4-3-5-11(8-10)19-14(9-13(18-19)15(20)21)12-6-1-2-7-17-12/h1-9H,(H,20,21). The lowest BCUT2D eigenvalue weighted by Crippen LogP contribution is -2.03. The third-order valence-electron chi connectivity index (χ3n) is 2.91. The van der Waals surface area contributed by atoms with Gasteiger partial charge in [0.05, 0.1) is 17.1 Å². The molecule has 0 atom stereocenters. The Bertz CT molecular complexity index is 800. The molecule has 1 N–H and O–H groups in total. The number of hydrogen-bond donors (Lipinski definition) is 1. The summed E-state index contributed by atoms with van der Waals surface area (Å²) in [6.45, 7) is 0. The molecule has 0 bridgehead atoms. The summed E-state index contributed by atoms with van der Waals surface area (Å²) in [4.78, 5) is 15.3. The molecule has 0 aliphatic heterocycles. The number of halogens is 1. The zero-order valence-electron chi connectivity index (χ0n) is 10.8. The number of aromatic nitrogens is 3. The Morgan fingerprint density at radius 2 is 2.00 bits per heavy atom. The fourth-order valence-electron chi connectivity index (χ4n) is 1.99. The second kappa shape index (κ2) is 5.16. The van der Waals surface area contributed by atoms with Gasteiger partial charge >= 0.3 is 5.97 Å². The van der Waals surface area contributed by atoms with E-state index in [-0.39, 0.29) is 5.69 Å². The van der Waals surface area contributed by atoms with Gasteiger partial charge in [-0.2, -0.15) is 5.10 Å². The first-order valence-corrected chi connectivity index (χ1v) is 6.16. The summed E-state index contributed by atoms with van der Waals surface area (Å²) >= 11 is 0. The van der Waals surface area contributed by atoms with Crippen LogP contribution in [-0.4, -0.2) is 25.8 Å². The fourth-order valence-corrected chi connectivity index (χ4v) is 1.99. The van der Waals surface area contributed by atoms with E-state index < -0.39 is 11.8 Å². The Balaban J connectivity index is 2.21. The summed E-state index contributed by atoms with van der Waals surface area (Å²) in [5, 5.41) is 13.1. The molecule has 0 saturated heterocycles. The Labute approximate surface area is 119 Å². The lowest BCUT2D eigenvalue weighted by atomic mass is 10.2. The van der Waals surface area contributed by atoms with Gasteiger partial charge < -0.3 is 5.11 Å². The number of carboxylic acids is 1. The van der Waals surface area contributed by atoms with E-state index in [0.29, 0.717) is 17.1 Å². The van der Waals surface area contributed by atoms with Crippen LogP contribution in [0.25, 0.3) is 17.1 Å². The van der Waals surface area contributed by atoms with Crippen molar-refractivity contribution in [3.63, 3.8) is 0 Å². The summed E-state index contributed by atoms with van der Waals surface area (Å²) in [6, 6.07) is 12.5. The molecule has 6 heteroatoms. The van der Waals surface area contributed by atoms with Crippen LogP contribution in [0.4, 0.5) is 4.39 Å². The summed E-state index contributed by atoms with van der Waals surface area (Å²) in [5.74, 6) is -1.57. The van der Waals surface area contributed by atoms with E-state index in [4.69, 9.17) is 5.11 Å². The molecule has 0 fully saturated rings. The van der Waals surface area contributed by atoms with Crippen LogP contribution in [0, 0.1) is 5.82 Å². The summed E-state index contributed by atoms with van der Waals surface area (Å²) in [5.41, 5.74) is 1.35. The van der Waals surface area contributed by atoms with Gasteiger partial charge in [-0.3, -0.25) is 4.98 Å². The molecule has 21 heavy (non-hydrogen) atoms. The smallest absolute Gasteiger partial charge is 0.356 e. The third-order valence-corrected chi connectivity index (χ3v) is 2.91. The molecule has 5 nitrogen and oxygen atoms in total. The zero-order valence-corrected chi connectivity index (χ0v) is 10.8. The molecule has 0 spiro atoms. The number of nitrogens with zero attached hydrogens (tertiary/aromatic N) is 3. The van der Waals surface area contributed by atoms with Crippen molar-refractivity contribution in [2.24, 2.45) is 0 Å². The highest BCUT2D eigenvalue weighted by Crippen LogP contribution is 2.22. The van der Waals surface area contributed by atoms with Crippen LogP contribution in [0.15, 0.2) is 54.7 Å². The highest BCUT2D eigenvalue weighted by Gasteiger charge is 2.16. The Morgan fingerprint density at radius 1 is 1.14 bits per heavy atom. The van der Waals surface area contributed by atoms with Gasteiger partial charge in [-0.05, 0) is 30.3 Å². The summed E-state index contributed by atoms with van der Waals surface area (Å²) in [6.07, 6.45) is 1.60. The van der Waals surface area contributed by atoms with Crippen molar-refractivity contribution in [3.8, 4) is 17.1 Å². The molecule has 2 heterocycles. The minimum Gasteiger partial charge on any atom is -0.476 e. The first-order chi connectivity index (χ1) is 10.1. The minimum absolute atomic E-state index is 0.125. The van der Waals surface area contributed by atoms with Crippen molar-refractivity contribution in [3.05, 3.63) is 66.2 Å². The normalized spacial score (nSPS) is 10.5. The first-order valence-electron chi connectivity index (χ1n) is 6.16. The largest absolute Gasteiger partial charge is 0.476 e. The second-order valence-corrected chi connectivity index (χ2v) is 4.33. The Morgan fingerprint density at radius 3 is 2.67 bits per heavy atom. The van der Waals surface area contributed by atoms with Crippen LogP contribution in [-0.2, 0) is 0 Å². The van der Waals surface area contributed by atoms with Crippen LogP contribution in [0.1, 0.15) is 10.5 Å². The number of aromatic carboxylic acids is 1. The molecular weight excluding hydrogens is 273 g/mol. The number of benzene rings is 1. The molecule has 3 rings (SSSR count). The van der Waals surface area contributed by atoms with Gasteiger partial charge in [-0.25, -0.2) is 13.9 Å². The van der Waals surface area contributed by atoms with Gasteiger partial charge in [0.2, 0.25) is 0 Å². The van der Waals surface area contributed by atoms with Crippen molar-refractivity contribution >= 4 is 5.97 Å². The van der Waals surface area contributed by atoms with Crippen molar-refractivity contribution in [1.29, 1.82) is 0 Å². The Hall–Kier alpha value is -3.02. The predicted molar refractivity (Wildman–Crippen MR) is 73.7 cm³/mol. The van der Waals surface area contributed by atoms with Gasteiger partial charge in [0.15, 0.2) is 5.69 Å².